The lowest BCUT2D eigenvalue weighted by Crippen LogP contribution is -2.13. The molecule has 60 valence electrons. The molecule has 0 aliphatic rings. The van der Waals surface area contributed by atoms with Crippen LogP contribution in [-0.4, -0.2) is 21.2 Å². The Bertz CT molecular complexity index is 280. The highest BCUT2D eigenvalue weighted by Crippen LogP contribution is 1.91. The maximum Gasteiger partial charge on any atom is 0.250 e. The summed E-state index contributed by atoms with van der Waals surface area (Å²) in [5.41, 5.74) is -0.185. The van der Waals surface area contributed by atoms with Gasteiger partial charge in [-0.1, -0.05) is 0 Å². The Kier molecular flexibility index (Phi) is 2.38. The smallest absolute Gasteiger partial charge is 0.250 e. The van der Waals surface area contributed by atoms with E-state index in [4.69, 9.17) is 5.11 Å². The minimum atomic E-state index is -0.472. The fraction of sp³-hybridized carbons (Fsp3) is 0.429. The van der Waals surface area contributed by atoms with E-state index in [1.165, 1.54) is 12.3 Å². The molecule has 1 aromatic rings. The van der Waals surface area contributed by atoms with Crippen molar-refractivity contribution in [1.82, 2.24) is 9.97 Å². The molecule has 1 unspecified atom stereocenters. The van der Waals surface area contributed by atoms with E-state index in [1.54, 1.807) is 6.92 Å². The number of rotatable bonds is 2. The Morgan fingerprint density at radius 3 is 3.09 bits per heavy atom. The minimum absolute atomic E-state index is 0.185. The molecule has 1 heterocycles. The lowest BCUT2D eigenvalue weighted by Gasteiger charge is -2.00. The van der Waals surface area contributed by atoms with Crippen LogP contribution in [0.2, 0.25) is 0 Å². The molecule has 1 rings (SSSR count). The van der Waals surface area contributed by atoms with E-state index >= 15 is 0 Å². The zero-order chi connectivity index (χ0) is 8.27. The summed E-state index contributed by atoms with van der Waals surface area (Å²) in [5, 5.41) is 8.93. The van der Waals surface area contributed by atoms with Gasteiger partial charge >= 0.3 is 0 Å². The average molecular weight is 154 g/mol. The molecule has 0 spiro atoms. The van der Waals surface area contributed by atoms with Crippen molar-refractivity contribution in [3.63, 3.8) is 0 Å². The zero-order valence-electron chi connectivity index (χ0n) is 6.24. The molecule has 1 atom stereocenters. The molecule has 4 heteroatoms. The predicted octanol–water partition coefficient (Wildman–Crippen LogP) is -0.307. The Morgan fingerprint density at radius 1 is 1.82 bits per heavy atom. The normalized spacial score (nSPS) is 12.9. The van der Waals surface area contributed by atoms with Gasteiger partial charge in [0.15, 0.2) is 0 Å². The first-order chi connectivity index (χ1) is 5.18. The summed E-state index contributed by atoms with van der Waals surface area (Å²) < 4.78 is 0. The van der Waals surface area contributed by atoms with Crippen molar-refractivity contribution in [2.45, 2.75) is 19.4 Å². The highest BCUT2D eigenvalue weighted by Gasteiger charge is 1.99. The van der Waals surface area contributed by atoms with Crippen molar-refractivity contribution in [1.29, 1.82) is 0 Å². The number of nitrogens with zero attached hydrogens (tertiary/aromatic N) is 1. The number of hydrogen-bond donors (Lipinski definition) is 2. The standard InChI is InChI=1S/C7H10N2O2/c1-5(10)4-6-8-3-2-7(11)9-6/h2-3,5,10H,4H2,1H3,(H,8,9,11). The molecule has 0 amide bonds. The summed E-state index contributed by atoms with van der Waals surface area (Å²) in [6.07, 6.45) is 1.34. The van der Waals surface area contributed by atoms with Crippen molar-refractivity contribution in [2.24, 2.45) is 0 Å². The third-order valence-electron chi connectivity index (χ3n) is 1.21. The fourth-order valence-corrected chi connectivity index (χ4v) is 0.795. The van der Waals surface area contributed by atoms with E-state index in [0.717, 1.165) is 0 Å². The van der Waals surface area contributed by atoms with E-state index in [0.29, 0.717) is 12.2 Å². The molecule has 4 nitrogen and oxygen atoms in total. The first-order valence-electron chi connectivity index (χ1n) is 3.41. The summed E-state index contributed by atoms with van der Waals surface area (Å²) in [5.74, 6) is 0.521. The van der Waals surface area contributed by atoms with Crippen LogP contribution < -0.4 is 5.56 Å². The van der Waals surface area contributed by atoms with Crippen LogP contribution in [0.15, 0.2) is 17.1 Å². The van der Waals surface area contributed by atoms with Gasteiger partial charge in [-0.25, -0.2) is 4.98 Å². The molecule has 2 N–H and O–H groups in total. The zero-order valence-corrected chi connectivity index (χ0v) is 6.24. The molecule has 1 aromatic heterocycles. The van der Waals surface area contributed by atoms with Crippen LogP contribution in [0.4, 0.5) is 0 Å². The molecule has 0 fully saturated rings. The molecule has 11 heavy (non-hydrogen) atoms. The second-order valence-corrected chi connectivity index (χ2v) is 2.43. The lowest BCUT2D eigenvalue weighted by molar-refractivity contribution is 0.192. The van der Waals surface area contributed by atoms with Crippen LogP contribution in [0.3, 0.4) is 0 Å². The first kappa shape index (κ1) is 7.94. The summed E-state index contributed by atoms with van der Waals surface area (Å²) >= 11 is 0. The van der Waals surface area contributed by atoms with Crippen molar-refractivity contribution in [3.8, 4) is 0 Å². The summed E-state index contributed by atoms with van der Waals surface area (Å²) in [4.78, 5) is 17.1. The maximum absolute atomic E-state index is 10.7. The predicted molar refractivity (Wildman–Crippen MR) is 40.2 cm³/mol. The van der Waals surface area contributed by atoms with Crippen molar-refractivity contribution < 1.29 is 5.11 Å². The molecule has 0 saturated heterocycles. The molecular formula is C7H10N2O2. The van der Waals surface area contributed by atoms with Crippen LogP contribution in [0.1, 0.15) is 12.7 Å². The van der Waals surface area contributed by atoms with Crippen LogP contribution in [0, 0.1) is 0 Å². The Morgan fingerprint density at radius 2 is 2.55 bits per heavy atom. The van der Waals surface area contributed by atoms with Gasteiger partial charge in [-0.3, -0.25) is 4.79 Å². The second-order valence-electron chi connectivity index (χ2n) is 2.43. The van der Waals surface area contributed by atoms with E-state index in [1.807, 2.05) is 0 Å². The number of nitrogens with one attached hydrogen (secondary N) is 1. The Hall–Kier alpha value is -1.16. The topological polar surface area (TPSA) is 66.0 Å². The van der Waals surface area contributed by atoms with E-state index in [2.05, 4.69) is 9.97 Å². The number of hydrogen-bond acceptors (Lipinski definition) is 3. The maximum atomic E-state index is 10.7. The van der Waals surface area contributed by atoms with E-state index in [-0.39, 0.29) is 5.56 Å². The van der Waals surface area contributed by atoms with Gasteiger partial charge in [0.05, 0.1) is 6.10 Å². The van der Waals surface area contributed by atoms with Crippen molar-refractivity contribution in [2.75, 3.05) is 0 Å². The summed E-state index contributed by atoms with van der Waals surface area (Å²) in [6.45, 7) is 1.65. The van der Waals surface area contributed by atoms with Gasteiger partial charge in [0.1, 0.15) is 5.82 Å². The fourth-order valence-electron chi connectivity index (χ4n) is 0.795. The number of aliphatic hydroxyl groups is 1. The van der Waals surface area contributed by atoms with Crippen LogP contribution in [-0.2, 0) is 6.42 Å². The quantitative estimate of drug-likeness (QED) is 0.614. The van der Waals surface area contributed by atoms with Crippen LogP contribution in [0.5, 0.6) is 0 Å². The largest absolute Gasteiger partial charge is 0.393 e. The summed E-state index contributed by atoms with van der Waals surface area (Å²) in [6, 6.07) is 1.34. The molecular weight excluding hydrogens is 144 g/mol. The van der Waals surface area contributed by atoms with Gasteiger partial charge in [-0.2, -0.15) is 0 Å². The molecule has 0 aliphatic heterocycles. The van der Waals surface area contributed by atoms with Gasteiger partial charge in [-0.15, -0.1) is 0 Å². The number of aromatic nitrogens is 2. The minimum Gasteiger partial charge on any atom is -0.393 e. The van der Waals surface area contributed by atoms with Gasteiger partial charge in [0, 0.05) is 18.7 Å². The molecule has 0 bridgehead atoms. The van der Waals surface area contributed by atoms with E-state index in [9.17, 15) is 4.79 Å². The molecule has 0 radical (unpaired) electrons. The summed E-state index contributed by atoms with van der Waals surface area (Å²) in [7, 11) is 0. The van der Waals surface area contributed by atoms with Crippen molar-refractivity contribution in [3.05, 3.63) is 28.4 Å². The number of aliphatic hydroxyl groups excluding tert-OH is 1. The van der Waals surface area contributed by atoms with E-state index < -0.39 is 6.10 Å². The number of aromatic amines is 1. The molecule has 0 saturated carbocycles. The SMILES string of the molecule is CC(O)Cc1nccc(=O)[nH]1. The molecule has 0 aliphatic carbocycles. The first-order valence-corrected chi connectivity index (χ1v) is 3.41. The van der Waals surface area contributed by atoms with Gasteiger partial charge < -0.3 is 10.1 Å². The highest BCUT2D eigenvalue weighted by molar-refractivity contribution is 4.90. The van der Waals surface area contributed by atoms with Crippen molar-refractivity contribution >= 4 is 0 Å². The average Bonchev–Trinajstić information content (AvgIpc) is 1.85. The lowest BCUT2D eigenvalue weighted by atomic mass is 10.3. The third-order valence-corrected chi connectivity index (χ3v) is 1.21. The highest BCUT2D eigenvalue weighted by atomic mass is 16.3. The van der Waals surface area contributed by atoms with Crippen LogP contribution in [0.25, 0.3) is 0 Å². The van der Waals surface area contributed by atoms with Gasteiger partial charge in [0.2, 0.25) is 0 Å². The molecule has 0 aromatic carbocycles. The monoisotopic (exact) mass is 154 g/mol. The van der Waals surface area contributed by atoms with Gasteiger partial charge in [-0.05, 0) is 6.92 Å². The third kappa shape index (κ3) is 2.51. The van der Waals surface area contributed by atoms with Gasteiger partial charge in [0.25, 0.3) is 5.56 Å². The Labute approximate surface area is 63.9 Å². The Balaban J connectivity index is 2.80. The number of H-pyrrole nitrogens is 1. The van der Waals surface area contributed by atoms with Crippen LogP contribution >= 0.6 is 0 Å². The second kappa shape index (κ2) is 3.30.